The van der Waals surface area contributed by atoms with Crippen LogP contribution in [0.15, 0.2) is 0 Å². The van der Waals surface area contributed by atoms with E-state index in [9.17, 15) is 27.6 Å². The van der Waals surface area contributed by atoms with E-state index in [2.05, 4.69) is 15.4 Å². The van der Waals surface area contributed by atoms with Gasteiger partial charge in [0.25, 0.3) is 0 Å². The maximum Gasteiger partial charge on any atom is 0.522 e. The highest BCUT2D eigenvalue weighted by atomic mass is 19.4. The number of hydrogen-bond donors (Lipinski definition) is 3. The number of rotatable bonds is 6. The van der Waals surface area contributed by atoms with Crippen LogP contribution in [0.25, 0.3) is 0 Å². The highest BCUT2D eigenvalue weighted by molar-refractivity contribution is 5.92. The fraction of sp³-hybridized carbons (Fsp3) is 0.786. The summed E-state index contributed by atoms with van der Waals surface area (Å²) < 4.78 is 39.8. The van der Waals surface area contributed by atoms with E-state index >= 15 is 0 Å². The Bertz CT molecular complexity index is 566. The number of Topliss-reactive ketones (excluding diaryl/α,β-unsaturated/α-hetero) is 1. The van der Waals surface area contributed by atoms with Gasteiger partial charge in [-0.1, -0.05) is 0 Å². The van der Waals surface area contributed by atoms with Crippen molar-refractivity contribution in [2.45, 2.75) is 50.1 Å². The van der Waals surface area contributed by atoms with Gasteiger partial charge in [0.2, 0.25) is 5.91 Å². The molecule has 24 heavy (non-hydrogen) atoms. The van der Waals surface area contributed by atoms with Crippen LogP contribution in [0.2, 0.25) is 0 Å². The van der Waals surface area contributed by atoms with Crippen molar-refractivity contribution in [1.82, 2.24) is 10.6 Å². The van der Waals surface area contributed by atoms with Crippen molar-refractivity contribution in [3.8, 4) is 0 Å². The fourth-order valence-electron chi connectivity index (χ4n) is 4.00. The zero-order valence-corrected chi connectivity index (χ0v) is 12.6. The van der Waals surface area contributed by atoms with E-state index in [0.29, 0.717) is 19.3 Å². The molecule has 4 rings (SSSR count). The van der Waals surface area contributed by atoms with Crippen LogP contribution < -0.4 is 10.6 Å². The number of carbonyl (C=O) groups excluding carboxylic acids is 2. The molecule has 4 aliphatic rings. The fourth-order valence-corrected chi connectivity index (χ4v) is 4.00. The first kappa shape index (κ1) is 17.0. The van der Waals surface area contributed by atoms with Gasteiger partial charge in [0.05, 0.1) is 18.1 Å². The summed E-state index contributed by atoms with van der Waals surface area (Å²) in [6.45, 7) is -0.219. The Labute approximate surface area is 134 Å². The van der Waals surface area contributed by atoms with Crippen LogP contribution >= 0.6 is 0 Å². The average molecular weight is 350 g/mol. The van der Waals surface area contributed by atoms with E-state index in [1.54, 1.807) is 0 Å². The minimum atomic E-state index is -4.70. The molecule has 0 spiro atoms. The van der Waals surface area contributed by atoms with Gasteiger partial charge < -0.3 is 15.7 Å². The van der Waals surface area contributed by atoms with E-state index in [4.69, 9.17) is 5.11 Å². The van der Waals surface area contributed by atoms with Gasteiger partial charge in [-0.05, 0) is 32.1 Å². The lowest BCUT2D eigenvalue weighted by Gasteiger charge is -2.68. The van der Waals surface area contributed by atoms with Crippen LogP contribution in [0, 0.1) is 11.3 Å². The number of halogens is 3. The summed E-state index contributed by atoms with van der Waals surface area (Å²) in [5.74, 6) is -1.13. The van der Waals surface area contributed by atoms with Crippen LogP contribution in [0.4, 0.5) is 18.0 Å². The summed E-state index contributed by atoms with van der Waals surface area (Å²) in [6.07, 6.45) is -5.56. The third-order valence-corrected chi connectivity index (χ3v) is 5.16. The second kappa shape index (κ2) is 5.33. The summed E-state index contributed by atoms with van der Waals surface area (Å²) in [5.41, 5.74) is -1.12. The number of hydrogen-bond acceptors (Lipinski definition) is 4. The normalized spacial score (nSPS) is 36.6. The maximum atomic E-state index is 12.1. The van der Waals surface area contributed by atoms with E-state index in [1.807, 2.05) is 0 Å². The van der Waals surface area contributed by atoms with E-state index < -0.39 is 35.4 Å². The molecule has 0 atom stereocenters. The van der Waals surface area contributed by atoms with Gasteiger partial charge in [-0.15, -0.1) is 13.2 Å². The zero-order chi connectivity index (χ0) is 17.8. The second-order valence-electron chi connectivity index (χ2n) is 7.02. The topological polar surface area (TPSA) is 105 Å². The highest BCUT2D eigenvalue weighted by Gasteiger charge is 2.72. The molecule has 2 bridgehead atoms. The van der Waals surface area contributed by atoms with Gasteiger partial charge in [-0.25, -0.2) is 4.79 Å². The predicted octanol–water partition coefficient (Wildman–Crippen LogP) is 1.18. The molecule has 10 heteroatoms. The van der Waals surface area contributed by atoms with Crippen LogP contribution in [0.5, 0.6) is 0 Å². The second-order valence-corrected chi connectivity index (χ2v) is 7.02. The molecule has 0 radical (unpaired) electrons. The molecule has 0 aromatic carbocycles. The van der Waals surface area contributed by atoms with Gasteiger partial charge in [-0.3, -0.25) is 14.3 Å². The van der Waals surface area contributed by atoms with Crippen molar-refractivity contribution in [2.24, 2.45) is 11.3 Å². The maximum absolute atomic E-state index is 12.1. The molecular formula is C14H17F3N2O5. The summed E-state index contributed by atoms with van der Waals surface area (Å²) in [7, 11) is 0. The molecule has 0 heterocycles. The van der Waals surface area contributed by atoms with Gasteiger partial charge >= 0.3 is 12.5 Å². The molecule has 0 unspecified atom stereocenters. The lowest BCUT2D eigenvalue weighted by molar-refractivity contribution is -0.353. The zero-order valence-electron chi connectivity index (χ0n) is 12.6. The molecule has 4 saturated carbocycles. The minimum Gasteiger partial charge on any atom is -0.465 e. The van der Waals surface area contributed by atoms with E-state index in [-0.39, 0.29) is 31.1 Å². The van der Waals surface area contributed by atoms with Crippen molar-refractivity contribution in [3.05, 3.63) is 0 Å². The number of carbonyl (C=O) groups is 3. The molecule has 4 aliphatic carbocycles. The van der Waals surface area contributed by atoms with E-state index in [1.165, 1.54) is 0 Å². The third kappa shape index (κ3) is 3.06. The lowest BCUT2D eigenvalue weighted by atomic mass is 9.39. The lowest BCUT2D eigenvalue weighted by Crippen LogP contribution is -2.78. The highest BCUT2D eigenvalue weighted by Crippen LogP contribution is 2.67. The monoisotopic (exact) mass is 350 g/mol. The standard InChI is InChI=1S/C14H17F3N2O5/c15-14(16,17)24-8-1-7(2-8)9(20)3-18-10(21)12-4-13(5-12,6-12)19-11(22)23/h7-8,19H,1-6H2,(H,18,21)(H,22,23). The SMILES string of the molecule is O=C(O)NC12CC(C(=O)NCC(=O)C3CC(OC(F)(F)F)C3)(C1)C2. The van der Waals surface area contributed by atoms with Crippen LogP contribution in [0.1, 0.15) is 32.1 Å². The molecule has 0 aliphatic heterocycles. The smallest absolute Gasteiger partial charge is 0.465 e. The number of nitrogens with one attached hydrogen (secondary N) is 2. The Morgan fingerprint density at radius 1 is 1.17 bits per heavy atom. The molecule has 0 saturated heterocycles. The van der Waals surface area contributed by atoms with Crippen LogP contribution in [0.3, 0.4) is 0 Å². The van der Waals surface area contributed by atoms with Crippen molar-refractivity contribution in [1.29, 1.82) is 0 Å². The Hall–Kier alpha value is -1.84. The largest absolute Gasteiger partial charge is 0.522 e. The first-order chi connectivity index (χ1) is 11.0. The van der Waals surface area contributed by atoms with Crippen molar-refractivity contribution < 1.29 is 37.4 Å². The number of ether oxygens (including phenoxy) is 1. The first-order valence-corrected chi connectivity index (χ1v) is 7.59. The summed E-state index contributed by atoms with van der Waals surface area (Å²) in [6, 6.07) is 0. The van der Waals surface area contributed by atoms with E-state index in [0.717, 1.165) is 0 Å². The Balaban J connectivity index is 1.35. The van der Waals surface area contributed by atoms with Gasteiger partial charge in [0.15, 0.2) is 5.78 Å². The van der Waals surface area contributed by atoms with Crippen molar-refractivity contribution >= 4 is 17.8 Å². The number of amides is 2. The predicted molar refractivity (Wildman–Crippen MR) is 71.8 cm³/mol. The van der Waals surface area contributed by atoms with Gasteiger partial charge in [-0.2, -0.15) is 0 Å². The number of alkyl halides is 3. The van der Waals surface area contributed by atoms with Gasteiger partial charge in [0.1, 0.15) is 0 Å². The Morgan fingerprint density at radius 2 is 1.75 bits per heavy atom. The average Bonchev–Trinajstić information content (AvgIpc) is 2.31. The molecule has 0 aromatic rings. The molecule has 7 nitrogen and oxygen atoms in total. The molecule has 2 amide bonds. The molecule has 3 N–H and O–H groups in total. The Morgan fingerprint density at radius 3 is 2.25 bits per heavy atom. The minimum absolute atomic E-state index is 0.00496. The van der Waals surface area contributed by atoms with Gasteiger partial charge in [0, 0.05) is 11.5 Å². The molecular weight excluding hydrogens is 333 g/mol. The summed E-state index contributed by atoms with van der Waals surface area (Å²) in [4.78, 5) is 34.6. The Kier molecular flexibility index (Phi) is 3.78. The van der Waals surface area contributed by atoms with Crippen LogP contribution in [-0.4, -0.2) is 47.4 Å². The summed E-state index contributed by atoms with van der Waals surface area (Å²) >= 11 is 0. The molecule has 134 valence electrons. The van der Waals surface area contributed by atoms with Crippen LogP contribution in [-0.2, 0) is 14.3 Å². The third-order valence-electron chi connectivity index (χ3n) is 5.16. The quantitative estimate of drug-likeness (QED) is 0.667. The molecule has 0 aromatic heterocycles. The summed E-state index contributed by atoms with van der Waals surface area (Å²) in [5, 5.41) is 13.6. The first-order valence-electron chi connectivity index (χ1n) is 7.59. The van der Waals surface area contributed by atoms with Crippen molar-refractivity contribution in [2.75, 3.05) is 6.54 Å². The molecule has 4 fully saturated rings. The van der Waals surface area contributed by atoms with Crippen molar-refractivity contribution in [3.63, 3.8) is 0 Å². The number of carboxylic acid groups (broad SMARTS) is 1. The number of ketones is 1.